The number of ketones is 1. The fourth-order valence-corrected chi connectivity index (χ4v) is 2.33. The monoisotopic (exact) mass is 224 g/mol. The van der Waals surface area contributed by atoms with Crippen molar-refractivity contribution >= 4 is 5.78 Å². The van der Waals surface area contributed by atoms with Crippen molar-refractivity contribution in [2.24, 2.45) is 0 Å². The topological polar surface area (TPSA) is 23.6 Å². The van der Waals surface area contributed by atoms with E-state index in [4.69, 9.17) is 0 Å². The maximum absolute atomic E-state index is 13.4. The summed E-state index contributed by atoms with van der Waals surface area (Å²) in [6.07, 6.45) is 0.729. The molecule has 0 aliphatic carbocycles. The number of hydrogen-bond acceptors (Lipinski definition) is 3. The van der Waals surface area contributed by atoms with Crippen molar-refractivity contribution in [2.45, 2.75) is 26.1 Å². The number of Topliss-reactive ketones (excluding diaryl/α,β-unsaturated/α-hetero) is 1. The van der Waals surface area contributed by atoms with Crippen LogP contribution in [-0.2, 0) is 4.79 Å². The summed E-state index contributed by atoms with van der Waals surface area (Å²) in [6.45, 7) is 9.17. The lowest BCUT2D eigenvalue weighted by molar-refractivity contribution is -0.122. The number of carbonyl (C=O) groups is 1. The Bertz CT molecular complexity index is 364. The van der Waals surface area contributed by atoms with Crippen LogP contribution in [0.25, 0.3) is 0 Å². The van der Waals surface area contributed by atoms with Crippen LogP contribution in [0, 0.1) is 0 Å². The van der Waals surface area contributed by atoms with Gasteiger partial charge in [-0.25, -0.2) is 4.39 Å². The third-order valence-corrected chi connectivity index (χ3v) is 3.22. The second-order valence-electron chi connectivity index (χ2n) is 4.61. The van der Waals surface area contributed by atoms with Crippen LogP contribution in [0.5, 0.6) is 0 Å². The Morgan fingerprint density at radius 1 is 1.75 bits per heavy atom. The fourth-order valence-electron chi connectivity index (χ4n) is 2.33. The van der Waals surface area contributed by atoms with E-state index in [-0.39, 0.29) is 12.6 Å². The van der Waals surface area contributed by atoms with E-state index in [1.165, 1.54) is 12.5 Å². The van der Waals surface area contributed by atoms with Crippen molar-refractivity contribution in [3.8, 4) is 0 Å². The highest BCUT2D eigenvalue weighted by atomic mass is 19.1. The molecule has 3 nitrogen and oxygen atoms in total. The van der Waals surface area contributed by atoms with Gasteiger partial charge >= 0.3 is 0 Å². The lowest BCUT2D eigenvalue weighted by atomic mass is 10.1. The summed E-state index contributed by atoms with van der Waals surface area (Å²) in [5.41, 5.74) is 1.28. The number of rotatable bonds is 3. The maximum Gasteiger partial charge on any atom is 0.175 e. The lowest BCUT2D eigenvalue weighted by Gasteiger charge is -2.24. The summed E-state index contributed by atoms with van der Waals surface area (Å²) < 4.78 is 13.4. The smallest absolute Gasteiger partial charge is 0.175 e. The molecule has 0 aromatic carbocycles. The highest BCUT2D eigenvalue weighted by Gasteiger charge is 2.36. The van der Waals surface area contributed by atoms with Crippen molar-refractivity contribution < 1.29 is 9.18 Å². The molecule has 88 valence electrons. The summed E-state index contributed by atoms with van der Waals surface area (Å²) in [6, 6.07) is 0.179. The molecule has 2 rings (SSSR count). The van der Waals surface area contributed by atoms with Gasteiger partial charge in [-0.3, -0.25) is 4.79 Å². The third kappa shape index (κ3) is 1.84. The van der Waals surface area contributed by atoms with Gasteiger partial charge in [0.05, 0.1) is 18.4 Å². The minimum Gasteiger partial charge on any atom is -0.352 e. The lowest BCUT2D eigenvalue weighted by Crippen LogP contribution is -2.36. The molecule has 2 aliphatic heterocycles. The van der Waals surface area contributed by atoms with Gasteiger partial charge in [-0.05, 0) is 13.8 Å². The number of halogens is 1. The first-order chi connectivity index (χ1) is 7.49. The van der Waals surface area contributed by atoms with Gasteiger partial charge in [0.15, 0.2) is 12.0 Å². The van der Waals surface area contributed by atoms with E-state index in [1.54, 1.807) is 0 Å². The van der Waals surface area contributed by atoms with Crippen LogP contribution < -0.4 is 0 Å². The third-order valence-electron chi connectivity index (χ3n) is 3.22. The Morgan fingerprint density at radius 2 is 2.44 bits per heavy atom. The minimum atomic E-state index is -1.41. The van der Waals surface area contributed by atoms with Gasteiger partial charge in [0.25, 0.3) is 0 Å². The molecule has 0 aromatic rings. The van der Waals surface area contributed by atoms with E-state index in [9.17, 15) is 9.18 Å². The average molecular weight is 224 g/mol. The first kappa shape index (κ1) is 11.2. The fraction of sp³-hybridized carbons (Fsp3) is 0.583. The summed E-state index contributed by atoms with van der Waals surface area (Å²) in [5.74, 6) is 0.423. The van der Waals surface area contributed by atoms with Gasteiger partial charge in [-0.15, -0.1) is 0 Å². The molecule has 1 fully saturated rings. The standard InChI is InChI=1S/C12H17FN2O/c1-8-4-11-6-14(5-8)10(3)15(11)7-12(13)9(2)16/h4,11-12H,3,5-7H2,1-2H3. The summed E-state index contributed by atoms with van der Waals surface area (Å²) in [7, 11) is 0. The molecular weight excluding hydrogens is 207 g/mol. The zero-order valence-corrected chi connectivity index (χ0v) is 9.74. The van der Waals surface area contributed by atoms with E-state index in [0.29, 0.717) is 0 Å². The molecule has 2 unspecified atom stereocenters. The second kappa shape index (κ2) is 3.92. The van der Waals surface area contributed by atoms with Crippen molar-refractivity contribution in [1.82, 2.24) is 9.80 Å². The minimum absolute atomic E-state index is 0.124. The van der Waals surface area contributed by atoms with E-state index in [2.05, 4.69) is 24.5 Å². The van der Waals surface area contributed by atoms with Crippen LogP contribution in [0.15, 0.2) is 24.0 Å². The number of nitrogens with zero attached hydrogens (tertiary/aromatic N) is 2. The number of alkyl halides is 1. The largest absolute Gasteiger partial charge is 0.352 e. The second-order valence-corrected chi connectivity index (χ2v) is 4.61. The maximum atomic E-state index is 13.4. The SMILES string of the molecule is C=C1N2CC(C)=CC(C2)N1CC(F)C(C)=O. The molecular formula is C12H17FN2O. The van der Waals surface area contributed by atoms with Crippen molar-refractivity contribution in [2.75, 3.05) is 19.6 Å². The van der Waals surface area contributed by atoms with Gasteiger partial charge in [-0.2, -0.15) is 0 Å². The molecule has 0 saturated carbocycles. The first-order valence-electron chi connectivity index (χ1n) is 5.51. The first-order valence-corrected chi connectivity index (χ1v) is 5.51. The molecule has 0 spiro atoms. The molecule has 0 amide bonds. The number of hydrogen-bond donors (Lipinski definition) is 0. The zero-order chi connectivity index (χ0) is 11.9. The number of fused-ring (bicyclic) bond motifs is 2. The van der Waals surface area contributed by atoms with Crippen molar-refractivity contribution in [1.29, 1.82) is 0 Å². The van der Waals surface area contributed by atoms with Crippen LogP contribution in [0.1, 0.15) is 13.8 Å². The zero-order valence-electron chi connectivity index (χ0n) is 9.74. The normalized spacial score (nSPS) is 25.8. The van der Waals surface area contributed by atoms with Crippen LogP contribution in [0.4, 0.5) is 4.39 Å². The molecule has 2 atom stereocenters. The Morgan fingerprint density at radius 3 is 3.06 bits per heavy atom. The molecule has 2 heterocycles. The van der Waals surface area contributed by atoms with Gasteiger partial charge in [0.2, 0.25) is 0 Å². The quantitative estimate of drug-likeness (QED) is 0.676. The van der Waals surface area contributed by atoms with Gasteiger partial charge in [-0.1, -0.05) is 18.2 Å². The molecule has 2 bridgehead atoms. The van der Waals surface area contributed by atoms with Crippen LogP contribution in [0.2, 0.25) is 0 Å². The van der Waals surface area contributed by atoms with E-state index >= 15 is 0 Å². The van der Waals surface area contributed by atoms with Crippen molar-refractivity contribution in [3.05, 3.63) is 24.0 Å². The van der Waals surface area contributed by atoms with E-state index in [1.807, 2.05) is 4.90 Å². The Kier molecular flexibility index (Phi) is 2.74. The Labute approximate surface area is 95.2 Å². The molecule has 0 N–H and O–H groups in total. The highest BCUT2D eigenvalue weighted by Crippen LogP contribution is 2.29. The average Bonchev–Trinajstić information content (AvgIpc) is 2.42. The van der Waals surface area contributed by atoms with E-state index in [0.717, 1.165) is 18.9 Å². The molecule has 1 saturated heterocycles. The van der Waals surface area contributed by atoms with Crippen LogP contribution in [0.3, 0.4) is 0 Å². The summed E-state index contributed by atoms with van der Waals surface area (Å²) >= 11 is 0. The summed E-state index contributed by atoms with van der Waals surface area (Å²) in [4.78, 5) is 15.0. The molecule has 4 heteroatoms. The van der Waals surface area contributed by atoms with Crippen molar-refractivity contribution in [3.63, 3.8) is 0 Å². The predicted octanol–water partition coefficient (Wildman–Crippen LogP) is 1.33. The highest BCUT2D eigenvalue weighted by molar-refractivity contribution is 5.80. The molecule has 16 heavy (non-hydrogen) atoms. The van der Waals surface area contributed by atoms with Crippen LogP contribution in [-0.4, -0.2) is 47.4 Å². The van der Waals surface area contributed by atoms with Crippen LogP contribution >= 0.6 is 0 Å². The predicted molar refractivity (Wildman–Crippen MR) is 60.5 cm³/mol. The molecule has 0 aromatic heterocycles. The van der Waals surface area contributed by atoms with E-state index < -0.39 is 12.0 Å². The molecule has 2 aliphatic rings. The Balaban J connectivity index is 2.11. The van der Waals surface area contributed by atoms with Gasteiger partial charge < -0.3 is 9.80 Å². The number of carbonyl (C=O) groups excluding carboxylic acids is 1. The van der Waals surface area contributed by atoms with Gasteiger partial charge in [0.1, 0.15) is 0 Å². The van der Waals surface area contributed by atoms with Gasteiger partial charge in [0, 0.05) is 13.1 Å². The summed E-state index contributed by atoms with van der Waals surface area (Å²) in [5, 5.41) is 0. The molecule has 0 radical (unpaired) electrons. The Hall–Kier alpha value is -1.32.